The van der Waals surface area contributed by atoms with Gasteiger partial charge in [0.15, 0.2) is 0 Å². The smallest absolute Gasteiger partial charge is 0.0302 e. The van der Waals surface area contributed by atoms with Crippen LogP contribution in [0, 0.1) is 0 Å². The average Bonchev–Trinajstić information content (AvgIpc) is 2.26. The molecule has 0 heterocycles. The summed E-state index contributed by atoms with van der Waals surface area (Å²) in [5, 5.41) is 0. The highest BCUT2D eigenvalue weighted by atomic mass is 32.2. The van der Waals surface area contributed by atoms with Crippen molar-refractivity contribution in [3.05, 3.63) is 35.4 Å². The second-order valence-corrected chi connectivity index (χ2v) is 4.47. The molecule has 0 bridgehead atoms. The molecule has 1 aromatic carbocycles. The summed E-state index contributed by atoms with van der Waals surface area (Å²) in [7, 11) is 0. The molecule has 0 aromatic heterocycles. The molecule has 1 aromatic rings. The van der Waals surface area contributed by atoms with Crippen LogP contribution in [-0.4, -0.2) is 12.0 Å². The minimum atomic E-state index is 0.202. The zero-order valence-electron chi connectivity index (χ0n) is 8.99. The van der Waals surface area contributed by atoms with Crippen LogP contribution < -0.4 is 5.73 Å². The molecule has 1 rings (SSSR count). The van der Waals surface area contributed by atoms with E-state index < -0.39 is 0 Å². The molecule has 0 aliphatic rings. The molecule has 0 spiro atoms. The molecular formula is C12H19NS. The summed E-state index contributed by atoms with van der Waals surface area (Å²) in [6.45, 7) is 2.17. The van der Waals surface area contributed by atoms with Crippen LogP contribution in [0.3, 0.4) is 0 Å². The summed E-state index contributed by atoms with van der Waals surface area (Å²) in [6.07, 6.45) is 4.28. The van der Waals surface area contributed by atoms with E-state index in [4.69, 9.17) is 5.73 Å². The van der Waals surface area contributed by atoms with Crippen LogP contribution in [0.15, 0.2) is 24.3 Å². The van der Waals surface area contributed by atoms with Crippen LogP contribution in [0.25, 0.3) is 0 Å². The number of thioether (sulfide) groups is 1. The van der Waals surface area contributed by atoms with Crippen LogP contribution >= 0.6 is 11.8 Å². The molecule has 0 amide bonds. The van der Waals surface area contributed by atoms with E-state index >= 15 is 0 Å². The molecule has 1 nitrogen and oxygen atoms in total. The lowest BCUT2D eigenvalue weighted by Gasteiger charge is -2.11. The second-order valence-electron chi connectivity index (χ2n) is 3.48. The largest absolute Gasteiger partial charge is 0.324 e. The molecule has 0 aliphatic heterocycles. The summed E-state index contributed by atoms with van der Waals surface area (Å²) < 4.78 is 0. The minimum Gasteiger partial charge on any atom is -0.324 e. The fourth-order valence-corrected chi connectivity index (χ4v) is 1.90. The van der Waals surface area contributed by atoms with Crippen molar-refractivity contribution in [3.63, 3.8) is 0 Å². The van der Waals surface area contributed by atoms with Crippen LogP contribution in [0.1, 0.15) is 30.5 Å². The molecule has 1 unspecified atom stereocenters. The third-order valence-corrected chi connectivity index (χ3v) is 3.09. The topological polar surface area (TPSA) is 26.0 Å². The van der Waals surface area contributed by atoms with E-state index in [-0.39, 0.29) is 6.04 Å². The normalized spacial score (nSPS) is 12.8. The SMILES string of the molecule is CCc1ccc(C(N)CCSC)cc1. The minimum absolute atomic E-state index is 0.202. The van der Waals surface area contributed by atoms with Gasteiger partial charge in [0.1, 0.15) is 0 Å². The summed E-state index contributed by atoms with van der Waals surface area (Å²) >= 11 is 1.85. The molecule has 0 radical (unpaired) electrons. The van der Waals surface area contributed by atoms with Crippen LogP contribution in [-0.2, 0) is 6.42 Å². The molecule has 78 valence electrons. The van der Waals surface area contributed by atoms with Gasteiger partial charge in [-0.1, -0.05) is 31.2 Å². The maximum Gasteiger partial charge on any atom is 0.0302 e. The molecule has 2 heteroatoms. The predicted molar refractivity (Wildman–Crippen MR) is 65.7 cm³/mol. The molecule has 0 aliphatic carbocycles. The second kappa shape index (κ2) is 6.10. The highest BCUT2D eigenvalue weighted by molar-refractivity contribution is 7.98. The maximum absolute atomic E-state index is 6.06. The highest BCUT2D eigenvalue weighted by Gasteiger charge is 2.04. The van der Waals surface area contributed by atoms with Crippen molar-refractivity contribution in [1.82, 2.24) is 0 Å². The Hall–Kier alpha value is -0.470. The average molecular weight is 209 g/mol. The van der Waals surface area contributed by atoms with Gasteiger partial charge in [0.25, 0.3) is 0 Å². The Labute approximate surface area is 91.1 Å². The fourth-order valence-electron chi connectivity index (χ4n) is 1.41. The van der Waals surface area contributed by atoms with Crippen LogP contribution in [0.4, 0.5) is 0 Å². The van der Waals surface area contributed by atoms with Gasteiger partial charge in [-0.25, -0.2) is 0 Å². The lowest BCUT2D eigenvalue weighted by molar-refractivity contribution is 0.705. The van der Waals surface area contributed by atoms with Crippen molar-refractivity contribution >= 4 is 11.8 Å². The summed E-state index contributed by atoms with van der Waals surface area (Å²) in [6, 6.07) is 8.87. The van der Waals surface area contributed by atoms with Crippen molar-refractivity contribution < 1.29 is 0 Å². The van der Waals surface area contributed by atoms with E-state index in [1.807, 2.05) is 11.8 Å². The number of rotatable bonds is 5. The quantitative estimate of drug-likeness (QED) is 0.806. The van der Waals surface area contributed by atoms with Gasteiger partial charge in [-0.15, -0.1) is 0 Å². The van der Waals surface area contributed by atoms with Gasteiger partial charge in [-0.2, -0.15) is 11.8 Å². The van der Waals surface area contributed by atoms with E-state index in [2.05, 4.69) is 37.4 Å². The lowest BCUT2D eigenvalue weighted by atomic mass is 10.0. The van der Waals surface area contributed by atoms with E-state index in [1.165, 1.54) is 11.1 Å². The fraction of sp³-hybridized carbons (Fsp3) is 0.500. The Morgan fingerprint density at radius 1 is 1.29 bits per heavy atom. The molecular weight excluding hydrogens is 190 g/mol. The monoisotopic (exact) mass is 209 g/mol. The van der Waals surface area contributed by atoms with Gasteiger partial charge in [-0.3, -0.25) is 0 Å². The van der Waals surface area contributed by atoms with Gasteiger partial charge in [0, 0.05) is 6.04 Å². The zero-order valence-corrected chi connectivity index (χ0v) is 9.81. The van der Waals surface area contributed by atoms with Crippen molar-refractivity contribution in [1.29, 1.82) is 0 Å². The maximum atomic E-state index is 6.06. The molecule has 2 N–H and O–H groups in total. The first-order chi connectivity index (χ1) is 6.77. The molecule has 0 saturated heterocycles. The summed E-state index contributed by atoms with van der Waals surface area (Å²) in [5.41, 5.74) is 8.70. The number of nitrogens with two attached hydrogens (primary N) is 1. The summed E-state index contributed by atoms with van der Waals surface area (Å²) in [4.78, 5) is 0. The first-order valence-corrected chi connectivity index (χ1v) is 6.50. The van der Waals surface area contributed by atoms with Crippen LogP contribution in [0.5, 0.6) is 0 Å². The van der Waals surface area contributed by atoms with Gasteiger partial charge in [0.2, 0.25) is 0 Å². The molecule has 0 saturated carbocycles. The Morgan fingerprint density at radius 2 is 1.93 bits per heavy atom. The molecule has 0 fully saturated rings. The number of hydrogen-bond donors (Lipinski definition) is 1. The van der Waals surface area contributed by atoms with Gasteiger partial charge < -0.3 is 5.73 Å². The molecule has 1 atom stereocenters. The van der Waals surface area contributed by atoms with Crippen molar-refractivity contribution in [2.24, 2.45) is 5.73 Å². The van der Waals surface area contributed by atoms with Gasteiger partial charge in [-0.05, 0) is 36.0 Å². The Balaban J connectivity index is 2.57. The standard InChI is InChI=1S/C12H19NS/c1-3-10-4-6-11(7-5-10)12(13)8-9-14-2/h4-7,12H,3,8-9,13H2,1-2H3. The number of hydrogen-bond acceptors (Lipinski definition) is 2. The van der Waals surface area contributed by atoms with E-state index in [9.17, 15) is 0 Å². The van der Waals surface area contributed by atoms with E-state index in [0.717, 1.165) is 18.6 Å². The van der Waals surface area contributed by atoms with Gasteiger partial charge in [0.05, 0.1) is 0 Å². The Kier molecular flexibility index (Phi) is 5.05. The van der Waals surface area contributed by atoms with Crippen molar-refractivity contribution in [2.75, 3.05) is 12.0 Å². The Morgan fingerprint density at radius 3 is 2.43 bits per heavy atom. The Bertz CT molecular complexity index is 256. The van der Waals surface area contributed by atoms with Crippen molar-refractivity contribution in [3.8, 4) is 0 Å². The third kappa shape index (κ3) is 3.35. The van der Waals surface area contributed by atoms with E-state index in [0.29, 0.717) is 0 Å². The van der Waals surface area contributed by atoms with Gasteiger partial charge >= 0.3 is 0 Å². The lowest BCUT2D eigenvalue weighted by Crippen LogP contribution is -2.11. The zero-order chi connectivity index (χ0) is 10.4. The number of aryl methyl sites for hydroxylation is 1. The highest BCUT2D eigenvalue weighted by Crippen LogP contribution is 2.16. The van der Waals surface area contributed by atoms with Crippen LogP contribution in [0.2, 0.25) is 0 Å². The predicted octanol–water partition coefficient (Wildman–Crippen LogP) is 3.00. The third-order valence-electron chi connectivity index (χ3n) is 2.45. The first kappa shape index (κ1) is 11.6. The number of benzene rings is 1. The molecule has 14 heavy (non-hydrogen) atoms. The van der Waals surface area contributed by atoms with E-state index in [1.54, 1.807) is 0 Å². The summed E-state index contributed by atoms with van der Waals surface area (Å²) in [5.74, 6) is 1.14. The van der Waals surface area contributed by atoms with Crippen molar-refractivity contribution in [2.45, 2.75) is 25.8 Å². The first-order valence-electron chi connectivity index (χ1n) is 5.11.